The fraction of sp³-hybridized carbons (Fsp3) is 0.500. The Kier molecular flexibility index (Phi) is 7.01. The number of aromatic nitrogens is 2. The number of nitrogens with zero attached hydrogens (tertiary/aromatic N) is 5. The van der Waals surface area contributed by atoms with Crippen LogP contribution in [0.5, 0.6) is 0 Å². The number of rotatable bonds is 7. The summed E-state index contributed by atoms with van der Waals surface area (Å²) >= 11 is 0. The van der Waals surface area contributed by atoms with Crippen molar-refractivity contribution in [1.29, 1.82) is 0 Å². The number of carbonyl (C=O) groups is 1. The molecule has 1 aromatic heterocycles. The second-order valence-corrected chi connectivity index (χ2v) is 7.41. The number of amides is 1. The number of hydrogen-bond donors (Lipinski definition) is 0. The zero-order valence-electron chi connectivity index (χ0n) is 17.6. The van der Waals surface area contributed by atoms with Crippen LogP contribution in [0.3, 0.4) is 0 Å². The Hall–Kier alpha value is -2.70. The fourth-order valence-corrected chi connectivity index (χ4v) is 3.68. The van der Waals surface area contributed by atoms with Crippen molar-refractivity contribution in [2.75, 3.05) is 49.1 Å². The summed E-state index contributed by atoms with van der Waals surface area (Å²) in [6.45, 7) is 10.2. The number of benzene rings is 1. The minimum absolute atomic E-state index is 0.0853. The van der Waals surface area contributed by atoms with Crippen molar-refractivity contribution in [3.8, 4) is 0 Å². The van der Waals surface area contributed by atoms with Crippen LogP contribution in [0.2, 0.25) is 0 Å². The first-order valence-electron chi connectivity index (χ1n) is 10.4. The molecule has 1 saturated heterocycles. The molecule has 156 valence electrons. The van der Waals surface area contributed by atoms with Gasteiger partial charge in [0.25, 0.3) is 5.91 Å². The van der Waals surface area contributed by atoms with Crippen molar-refractivity contribution in [3.05, 3.63) is 47.5 Å². The van der Waals surface area contributed by atoms with Crippen LogP contribution in [0.4, 0.5) is 16.0 Å². The van der Waals surface area contributed by atoms with E-state index in [1.54, 1.807) is 23.1 Å². The average molecular weight is 400 g/mol. The quantitative estimate of drug-likeness (QED) is 0.713. The van der Waals surface area contributed by atoms with Gasteiger partial charge in [-0.25, -0.2) is 14.4 Å². The van der Waals surface area contributed by atoms with E-state index in [-0.39, 0.29) is 11.7 Å². The first kappa shape index (κ1) is 21.0. The summed E-state index contributed by atoms with van der Waals surface area (Å²) in [7, 11) is 0. The largest absolute Gasteiger partial charge is 0.366 e. The third kappa shape index (κ3) is 5.02. The van der Waals surface area contributed by atoms with Crippen LogP contribution in [-0.4, -0.2) is 60.0 Å². The smallest absolute Gasteiger partial charge is 0.272 e. The summed E-state index contributed by atoms with van der Waals surface area (Å²) in [5.74, 6) is 0.315. The molecule has 1 amide bonds. The maximum absolute atomic E-state index is 14.0. The molecular formula is C22H30FN5O. The Morgan fingerprint density at radius 1 is 1.07 bits per heavy atom. The van der Waals surface area contributed by atoms with Crippen molar-refractivity contribution >= 4 is 17.5 Å². The molecule has 3 rings (SSSR count). The van der Waals surface area contributed by atoms with Crippen LogP contribution < -0.4 is 9.80 Å². The molecule has 0 bridgehead atoms. The van der Waals surface area contributed by atoms with E-state index in [1.807, 2.05) is 17.9 Å². The third-order valence-electron chi connectivity index (χ3n) is 5.09. The number of carbonyl (C=O) groups excluding carboxylic acids is 1. The summed E-state index contributed by atoms with van der Waals surface area (Å²) in [6, 6.07) is 8.53. The van der Waals surface area contributed by atoms with Gasteiger partial charge in [-0.15, -0.1) is 0 Å². The van der Waals surface area contributed by atoms with E-state index in [0.29, 0.717) is 43.5 Å². The van der Waals surface area contributed by atoms with Gasteiger partial charge in [0.15, 0.2) is 0 Å². The van der Waals surface area contributed by atoms with Crippen molar-refractivity contribution in [3.63, 3.8) is 0 Å². The topological polar surface area (TPSA) is 52.6 Å². The van der Waals surface area contributed by atoms with Crippen LogP contribution in [0.15, 0.2) is 30.3 Å². The molecule has 1 aliphatic rings. The minimum Gasteiger partial charge on any atom is -0.366 e. The Morgan fingerprint density at radius 2 is 1.72 bits per heavy atom. The van der Waals surface area contributed by atoms with Gasteiger partial charge in [0, 0.05) is 45.0 Å². The van der Waals surface area contributed by atoms with Gasteiger partial charge in [0.05, 0.1) is 5.69 Å². The van der Waals surface area contributed by atoms with Gasteiger partial charge in [0.2, 0.25) is 5.95 Å². The number of aryl methyl sites for hydroxylation is 1. The van der Waals surface area contributed by atoms with Gasteiger partial charge < -0.3 is 14.7 Å². The Balaban J connectivity index is 1.72. The molecule has 29 heavy (non-hydrogen) atoms. The minimum atomic E-state index is -0.227. The molecule has 2 aromatic rings. The number of piperazine rings is 1. The second-order valence-electron chi connectivity index (χ2n) is 7.41. The van der Waals surface area contributed by atoms with E-state index >= 15 is 0 Å². The van der Waals surface area contributed by atoms with E-state index in [4.69, 9.17) is 0 Å². The molecule has 7 heteroatoms. The predicted molar refractivity (Wildman–Crippen MR) is 114 cm³/mol. The van der Waals surface area contributed by atoms with Crippen molar-refractivity contribution in [2.24, 2.45) is 0 Å². The molecular weight excluding hydrogens is 369 g/mol. The molecule has 0 N–H and O–H groups in total. The van der Waals surface area contributed by atoms with Crippen LogP contribution in [0.25, 0.3) is 0 Å². The van der Waals surface area contributed by atoms with Crippen molar-refractivity contribution in [1.82, 2.24) is 14.9 Å². The first-order valence-corrected chi connectivity index (χ1v) is 10.4. The molecule has 0 saturated carbocycles. The lowest BCUT2D eigenvalue weighted by molar-refractivity contribution is 0.0740. The summed E-state index contributed by atoms with van der Waals surface area (Å²) in [6.07, 6.45) is 2.00. The Morgan fingerprint density at radius 3 is 2.34 bits per heavy atom. The highest BCUT2D eigenvalue weighted by Gasteiger charge is 2.25. The molecule has 0 aliphatic carbocycles. The molecule has 0 radical (unpaired) electrons. The zero-order chi connectivity index (χ0) is 20.8. The fourth-order valence-electron chi connectivity index (χ4n) is 3.68. The standard InChI is InChI=1S/C22H30FN5O/c1-4-10-28(11-5-2)22-24-17(3)16-19(25-22)21(29)27-14-12-26(13-15-27)20-9-7-6-8-18(20)23/h6-9,16H,4-5,10-15H2,1-3H3. The van der Waals surface area contributed by atoms with E-state index in [2.05, 4.69) is 28.7 Å². The van der Waals surface area contributed by atoms with Gasteiger partial charge in [-0.3, -0.25) is 4.79 Å². The summed E-state index contributed by atoms with van der Waals surface area (Å²) in [5.41, 5.74) is 1.82. The number of anilines is 2. The van der Waals surface area contributed by atoms with E-state index < -0.39 is 0 Å². The zero-order valence-corrected chi connectivity index (χ0v) is 17.6. The molecule has 1 aliphatic heterocycles. The van der Waals surface area contributed by atoms with Gasteiger partial charge >= 0.3 is 0 Å². The molecule has 1 fully saturated rings. The van der Waals surface area contributed by atoms with Gasteiger partial charge in [0.1, 0.15) is 11.5 Å². The van der Waals surface area contributed by atoms with Crippen LogP contribution in [0, 0.1) is 12.7 Å². The van der Waals surface area contributed by atoms with Gasteiger partial charge in [-0.05, 0) is 38.0 Å². The van der Waals surface area contributed by atoms with Crippen molar-refractivity contribution < 1.29 is 9.18 Å². The number of para-hydroxylation sites is 1. The molecule has 6 nitrogen and oxygen atoms in total. The lowest BCUT2D eigenvalue weighted by atomic mass is 10.2. The van der Waals surface area contributed by atoms with Crippen LogP contribution >= 0.6 is 0 Å². The second kappa shape index (κ2) is 9.67. The average Bonchev–Trinajstić information content (AvgIpc) is 2.73. The highest BCUT2D eigenvalue weighted by Crippen LogP contribution is 2.21. The highest BCUT2D eigenvalue weighted by atomic mass is 19.1. The molecule has 0 atom stereocenters. The maximum Gasteiger partial charge on any atom is 0.272 e. The van der Waals surface area contributed by atoms with Crippen LogP contribution in [-0.2, 0) is 0 Å². The lowest BCUT2D eigenvalue weighted by Crippen LogP contribution is -2.49. The first-order chi connectivity index (χ1) is 14.0. The van der Waals surface area contributed by atoms with E-state index in [9.17, 15) is 9.18 Å². The highest BCUT2D eigenvalue weighted by molar-refractivity contribution is 5.93. The van der Waals surface area contributed by atoms with E-state index in [1.165, 1.54) is 6.07 Å². The Bertz CT molecular complexity index is 830. The normalized spacial score (nSPS) is 14.2. The third-order valence-corrected chi connectivity index (χ3v) is 5.09. The SMILES string of the molecule is CCCN(CCC)c1nc(C)cc(C(=O)N2CCN(c3ccccc3F)CC2)n1. The number of hydrogen-bond acceptors (Lipinski definition) is 5. The molecule has 0 spiro atoms. The molecule has 0 unspecified atom stereocenters. The Labute approximate surface area is 172 Å². The van der Waals surface area contributed by atoms with Crippen LogP contribution in [0.1, 0.15) is 42.9 Å². The predicted octanol–water partition coefficient (Wildman–Crippen LogP) is 3.51. The summed E-state index contributed by atoms with van der Waals surface area (Å²) < 4.78 is 14.0. The van der Waals surface area contributed by atoms with Crippen molar-refractivity contribution in [2.45, 2.75) is 33.6 Å². The molecule has 1 aromatic carbocycles. The maximum atomic E-state index is 14.0. The summed E-state index contributed by atoms with van der Waals surface area (Å²) in [4.78, 5) is 28.1. The van der Waals surface area contributed by atoms with Gasteiger partial charge in [-0.2, -0.15) is 0 Å². The molecule has 2 heterocycles. The lowest BCUT2D eigenvalue weighted by Gasteiger charge is -2.36. The van der Waals surface area contributed by atoms with E-state index in [0.717, 1.165) is 31.6 Å². The van der Waals surface area contributed by atoms with Gasteiger partial charge in [-0.1, -0.05) is 26.0 Å². The monoisotopic (exact) mass is 399 g/mol. The number of halogens is 1. The summed E-state index contributed by atoms with van der Waals surface area (Å²) in [5, 5.41) is 0.